The minimum atomic E-state index is -0.873. The van der Waals surface area contributed by atoms with Crippen molar-refractivity contribution < 1.29 is 19.7 Å². The summed E-state index contributed by atoms with van der Waals surface area (Å²) < 4.78 is 6.87. The van der Waals surface area contributed by atoms with Crippen LogP contribution in [0.3, 0.4) is 0 Å². The first-order valence-electron chi connectivity index (χ1n) is 10.3. The largest absolute Gasteiger partial charge is 0.508 e. The van der Waals surface area contributed by atoms with Crippen LogP contribution in [0, 0.1) is 25.7 Å². The number of nitrogens with zero attached hydrogens (tertiary/aromatic N) is 3. The maximum Gasteiger partial charge on any atom is 0.254 e. The molecule has 32 heavy (non-hydrogen) atoms. The zero-order valence-electron chi connectivity index (χ0n) is 18.0. The number of phenolic OH excluding ortho intramolecular Hbond substituents is 1. The number of carbonyl (C=O) groups is 1. The summed E-state index contributed by atoms with van der Waals surface area (Å²) in [6.45, 7) is 4.63. The molecular formula is C23H25N5O4. The second kappa shape index (κ2) is 8.15. The van der Waals surface area contributed by atoms with E-state index < -0.39 is 11.5 Å². The summed E-state index contributed by atoms with van der Waals surface area (Å²) in [4.78, 5) is 21.1. The number of hydrogen-bond acceptors (Lipinski definition) is 7. The van der Waals surface area contributed by atoms with Gasteiger partial charge < -0.3 is 26.4 Å². The van der Waals surface area contributed by atoms with Crippen molar-refractivity contribution in [2.24, 2.45) is 5.73 Å². The fraction of sp³-hybridized carbons (Fsp3) is 0.348. The predicted octanol–water partition coefficient (Wildman–Crippen LogP) is 1.71. The normalized spacial score (nSPS) is 15.3. The van der Waals surface area contributed by atoms with E-state index in [0.29, 0.717) is 48.6 Å². The van der Waals surface area contributed by atoms with Gasteiger partial charge in [0.25, 0.3) is 5.91 Å². The summed E-state index contributed by atoms with van der Waals surface area (Å²) in [6, 6.07) is 3.34. The fourth-order valence-corrected chi connectivity index (χ4v) is 3.98. The van der Waals surface area contributed by atoms with Crippen molar-refractivity contribution in [3.05, 3.63) is 40.7 Å². The summed E-state index contributed by atoms with van der Waals surface area (Å²) >= 11 is 0. The number of carbonyl (C=O) groups excluding carboxylic acids is 1. The molecule has 1 saturated heterocycles. The van der Waals surface area contributed by atoms with Gasteiger partial charge in [-0.2, -0.15) is 0 Å². The first-order chi connectivity index (χ1) is 15.2. The number of phenols is 1. The van der Waals surface area contributed by atoms with Crippen molar-refractivity contribution in [3.63, 3.8) is 0 Å². The van der Waals surface area contributed by atoms with E-state index in [4.69, 9.17) is 16.2 Å². The van der Waals surface area contributed by atoms with Gasteiger partial charge in [0.2, 0.25) is 0 Å². The van der Waals surface area contributed by atoms with E-state index in [2.05, 4.69) is 21.8 Å². The molecule has 9 nitrogen and oxygen atoms in total. The van der Waals surface area contributed by atoms with Crippen molar-refractivity contribution in [1.29, 1.82) is 0 Å². The maximum atomic E-state index is 12.1. The molecule has 0 atom stereocenters. The van der Waals surface area contributed by atoms with E-state index in [1.807, 2.05) is 6.92 Å². The lowest BCUT2D eigenvalue weighted by Crippen LogP contribution is -2.35. The summed E-state index contributed by atoms with van der Waals surface area (Å²) in [5.74, 6) is 5.37. The Labute approximate surface area is 185 Å². The number of benzene rings is 1. The number of rotatable bonds is 3. The molecule has 4 rings (SSSR count). The van der Waals surface area contributed by atoms with Crippen molar-refractivity contribution >= 4 is 22.9 Å². The van der Waals surface area contributed by atoms with Gasteiger partial charge in [-0.1, -0.05) is 12.0 Å². The zero-order valence-corrected chi connectivity index (χ0v) is 18.0. The van der Waals surface area contributed by atoms with E-state index in [0.717, 1.165) is 5.56 Å². The number of fused-ring (bicyclic) bond motifs is 1. The molecule has 0 unspecified atom stereocenters. The van der Waals surface area contributed by atoms with Crippen LogP contribution < -0.4 is 11.5 Å². The Morgan fingerprint density at radius 3 is 2.72 bits per heavy atom. The number of hydrogen-bond donors (Lipinski definition) is 4. The number of ether oxygens (including phenoxy) is 1. The molecular weight excluding hydrogens is 410 g/mol. The number of aromatic hydroxyl groups is 1. The fourth-order valence-electron chi connectivity index (χ4n) is 3.98. The van der Waals surface area contributed by atoms with Crippen LogP contribution in [0.1, 0.15) is 46.4 Å². The SMILES string of the molecule is Cc1ccc(O)c(C)c1-n1c(N)c(C(N)=O)c2ncc(C#CCC3(O)CCOCC3)nc21. The Hall–Kier alpha value is -3.61. The molecule has 0 spiro atoms. The van der Waals surface area contributed by atoms with Crippen molar-refractivity contribution in [1.82, 2.24) is 14.5 Å². The molecule has 1 amide bonds. The molecule has 0 bridgehead atoms. The van der Waals surface area contributed by atoms with E-state index in [9.17, 15) is 15.0 Å². The minimum absolute atomic E-state index is 0.0608. The Morgan fingerprint density at radius 1 is 1.31 bits per heavy atom. The van der Waals surface area contributed by atoms with Gasteiger partial charge in [-0.25, -0.2) is 9.97 Å². The zero-order chi connectivity index (χ0) is 23.0. The Balaban J connectivity index is 1.85. The Bertz CT molecular complexity index is 1280. The lowest BCUT2D eigenvalue weighted by atomic mass is 9.91. The van der Waals surface area contributed by atoms with Crippen molar-refractivity contribution in [3.8, 4) is 23.3 Å². The van der Waals surface area contributed by atoms with Crippen LogP contribution in [0.5, 0.6) is 5.75 Å². The predicted molar refractivity (Wildman–Crippen MR) is 119 cm³/mol. The standard InChI is InChI=1S/C23H25N5O4/c1-13-5-6-16(29)14(2)19(13)28-20(24)17(21(25)30)18-22(28)27-15(12-26-18)4-3-7-23(31)8-10-32-11-9-23/h5-6,12,29,31H,7-11,24H2,1-2H3,(H2,25,30). The number of aryl methyl sites for hydroxylation is 1. The highest BCUT2D eigenvalue weighted by Crippen LogP contribution is 2.34. The monoisotopic (exact) mass is 435 g/mol. The molecule has 9 heteroatoms. The number of nitrogen functional groups attached to an aromatic ring is 1. The van der Waals surface area contributed by atoms with E-state index >= 15 is 0 Å². The van der Waals surface area contributed by atoms with Gasteiger partial charge in [0.15, 0.2) is 5.65 Å². The molecule has 6 N–H and O–H groups in total. The van der Waals surface area contributed by atoms with Crippen LogP contribution in [0.15, 0.2) is 18.3 Å². The maximum absolute atomic E-state index is 12.1. The van der Waals surface area contributed by atoms with Gasteiger partial charge in [-0.3, -0.25) is 9.36 Å². The van der Waals surface area contributed by atoms with Gasteiger partial charge in [0.05, 0.1) is 17.5 Å². The molecule has 3 heterocycles. The molecule has 0 saturated carbocycles. The second-order valence-corrected chi connectivity index (χ2v) is 8.08. The molecule has 2 aromatic heterocycles. The van der Waals surface area contributed by atoms with Crippen LogP contribution in [-0.4, -0.2) is 49.5 Å². The van der Waals surface area contributed by atoms with E-state index in [1.54, 1.807) is 23.6 Å². The topological polar surface area (TPSA) is 150 Å². The number of primary amides is 1. The lowest BCUT2D eigenvalue weighted by molar-refractivity contribution is -0.0597. The third-order valence-electron chi connectivity index (χ3n) is 5.83. The number of aliphatic hydroxyl groups is 1. The lowest BCUT2D eigenvalue weighted by Gasteiger charge is -2.30. The first-order valence-corrected chi connectivity index (χ1v) is 10.3. The van der Waals surface area contributed by atoms with Gasteiger partial charge in [-0.15, -0.1) is 0 Å². The second-order valence-electron chi connectivity index (χ2n) is 8.08. The minimum Gasteiger partial charge on any atom is -0.508 e. The van der Waals surface area contributed by atoms with Gasteiger partial charge >= 0.3 is 0 Å². The summed E-state index contributed by atoms with van der Waals surface area (Å²) in [5, 5.41) is 20.8. The van der Waals surface area contributed by atoms with Crippen LogP contribution in [0.4, 0.5) is 5.82 Å². The quantitative estimate of drug-likeness (QED) is 0.457. The van der Waals surface area contributed by atoms with Gasteiger partial charge in [0, 0.05) is 38.0 Å². The Kier molecular flexibility index (Phi) is 5.50. The highest BCUT2D eigenvalue weighted by Gasteiger charge is 2.29. The van der Waals surface area contributed by atoms with Crippen LogP contribution >= 0.6 is 0 Å². The van der Waals surface area contributed by atoms with Crippen molar-refractivity contribution in [2.45, 2.75) is 38.7 Å². The summed E-state index contributed by atoms with van der Waals surface area (Å²) in [7, 11) is 0. The van der Waals surface area contributed by atoms with E-state index in [-0.39, 0.29) is 29.1 Å². The van der Waals surface area contributed by atoms with Crippen LogP contribution in [-0.2, 0) is 4.74 Å². The van der Waals surface area contributed by atoms with Crippen LogP contribution in [0.2, 0.25) is 0 Å². The van der Waals surface area contributed by atoms with Crippen LogP contribution in [0.25, 0.3) is 16.9 Å². The molecule has 1 fully saturated rings. The first kappa shape index (κ1) is 21.6. The Morgan fingerprint density at radius 2 is 2.03 bits per heavy atom. The molecule has 1 aliphatic heterocycles. The molecule has 0 radical (unpaired) electrons. The third kappa shape index (κ3) is 3.75. The number of anilines is 1. The average molecular weight is 435 g/mol. The number of aromatic nitrogens is 3. The average Bonchev–Trinajstić information content (AvgIpc) is 3.03. The summed E-state index contributed by atoms with van der Waals surface area (Å²) in [6.07, 6.45) is 2.80. The molecule has 1 aromatic carbocycles. The molecule has 0 aliphatic carbocycles. The van der Waals surface area contributed by atoms with E-state index in [1.165, 1.54) is 6.20 Å². The number of nitrogens with two attached hydrogens (primary N) is 2. The number of amides is 1. The molecule has 166 valence electrons. The smallest absolute Gasteiger partial charge is 0.254 e. The molecule has 1 aliphatic rings. The van der Waals surface area contributed by atoms with Crippen molar-refractivity contribution in [2.75, 3.05) is 18.9 Å². The summed E-state index contributed by atoms with van der Waals surface area (Å²) in [5.41, 5.74) is 14.0. The highest BCUT2D eigenvalue weighted by atomic mass is 16.5. The molecule has 3 aromatic rings. The van der Waals surface area contributed by atoms with Gasteiger partial charge in [-0.05, 0) is 31.4 Å². The van der Waals surface area contributed by atoms with Gasteiger partial charge in [0.1, 0.15) is 28.3 Å². The third-order valence-corrected chi connectivity index (χ3v) is 5.83. The highest BCUT2D eigenvalue weighted by molar-refractivity contribution is 6.09.